The Morgan fingerprint density at radius 2 is 1.82 bits per heavy atom. The van der Waals surface area contributed by atoms with E-state index in [4.69, 9.17) is 35.4 Å². The van der Waals surface area contributed by atoms with Crippen LogP contribution >= 0.6 is 47.2 Å². The third-order valence-corrected chi connectivity index (χ3v) is 5.56. The molecule has 0 spiro atoms. The molecule has 2 aliphatic heterocycles. The number of nitrogens with zero attached hydrogens (tertiary/aromatic N) is 1. The van der Waals surface area contributed by atoms with Crippen molar-refractivity contribution in [3.05, 3.63) is 38.7 Å². The van der Waals surface area contributed by atoms with Crippen LogP contribution in [-0.4, -0.2) is 28.2 Å². The van der Waals surface area contributed by atoms with Gasteiger partial charge in [-0.1, -0.05) is 53.2 Å². The number of thioether (sulfide) groups is 1. The fraction of sp³-hybridized carbons (Fsp3) is 0.333. The fourth-order valence-electron chi connectivity index (χ4n) is 2.73. The molecular weight excluding hydrogens is 359 g/mol. The van der Waals surface area contributed by atoms with Gasteiger partial charge >= 0.3 is 0 Å². The van der Waals surface area contributed by atoms with Gasteiger partial charge in [0.1, 0.15) is 9.23 Å². The maximum absolute atomic E-state index is 12.3. The Morgan fingerprint density at radius 3 is 2.36 bits per heavy atom. The van der Waals surface area contributed by atoms with Crippen molar-refractivity contribution in [2.45, 2.75) is 19.3 Å². The first kappa shape index (κ1) is 16.1. The van der Waals surface area contributed by atoms with Crippen LogP contribution in [0.15, 0.2) is 23.1 Å². The molecule has 2 aliphatic rings. The Morgan fingerprint density at radius 1 is 1.18 bits per heavy atom. The van der Waals surface area contributed by atoms with Crippen LogP contribution in [0.4, 0.5) is 0 Å². The van der Waals surface area contributed by atoms with E-state index < -0.39 is 0 Å². The Bertz CT molecular complexity index is 649. The molecule has 0 radical (unpaired) electrons. The number of hydrogen-bond donors (Lipinski definition) is 1. The highest BCUT2D eigenvalue weighted by atomic mass is 35.5. The Balaban J connectivity index is 2.17. The van der Waals surface area contributed by atoms with E-state index in [2.05, 4.69) is 10.2 Å². The maximum Gasteiger partial charge on any atom is 0.265 e. The van der Waals surface area contributed by atoms with E-state index in [-0.39, 0.29) is 5.91 Å². The number of rotatable bonds is 2. The van der Waals surface area contributed by atoms with Gasteiger partial charge in [0.2, 0.25) is 0 Å². The predicted octanol–water partition coefficient (Wildman–Crippen LogP) is 4.30. The van der Waals surface area contributed by atoms with Gasteiger partial charge < -0.3 is 10.2 Å². The quantitative estimate of drug-likeness (QED) is 0.619. The van der Waals surface area contributed by atoms with Gasteiger partial charge in [0.25, 0.3) is 5.91 Å². The molecule has 2 saturated heterocycles. The number of hydrogen-bond acceptors (Lipinski definition) is 4. The van der Waals surface area contributed by atoms with Crippen LogP contribution in [0.2, 0.25) is 10.0 Å². The van der Waals surface area contributed by atoms with Gasteiger partial charge in [-0.2, -0.15) is 0 Å². The number of carbonyl (C=O) groups excluding carboxylic acids is 1. The van der Waals surface area contributed by atoms with Crippen molar-refractivity contribution in [1.82, 2.24) is 10.2 Å². The average Bonchev–Trinajstić information content (AvgIpc) is 2.82. The monoisotopic (exact) mass is 372 g/mol. The van der Waals surface area contributed by atoms with Gasteiger partial charge in [-0.05, 0) is 31.4 Å². The molecular formula is C15H14Cl2N2OS2. The summed E-state index contributed by atoms with van der Waals surface area (Å²) in [4.78, 5) is 15.1. The minimum Gasteiger partial charge on any atom is -0.370 e. The van der Waals surface area contributed by atoms with Crippen molar-refractivity contribution in [3.63, 3.8) is 0 Å². The van der Waals surface area contributed by atoms with Crippen LogP contribution in [0.25, 0.3) is 5.70 Å². The molecule has 2 fully saturated rings. The van der Waals surface area contributed by atoms with Gasteiger partial charge in [0.05, 0.1) is 15.7 Å². The topological polar surface area (TPSA) is 32.3 Å². The summed E-state index contributed by atoms with van der Waals surface area (Å²) in [5, 5.41) is 3.78. The van der Waals surface area contributed by atoms with E-state index in [1.807, 2.05) is 0 Å². The molecule has 3 nitrogen and oxygen atoms in total. The third-order valence-electron chi connectivity index (χ3n) is 3.70. The maximum atomic E-state index is 12.3. The summed E-state index contributed by atoms with van der Waals surface area (Å²) in [5.41, 5.74) is 1.52. The minimum absolute atomic E-state index is 0.174. The number of halogens is 2. The first-order valence-electron chi connectivity index (χ1n) is 7.04. The lowest BCUT2D eigenvalue weighted by molar-refractivity contribution is -0.115. The second-order valence-electron chi connectivity index (χ2n) is 5.17. The number of nitrogens with one attached hydrogen (secondary N) is 1. The summed E-state index contributed by atoms with van der Waals surface area (Å²) in [6.45, 7) is 1.78. The number of carbonyl (C=O) groups is 1. The van der Waals surface area contributed by atoms with Crippen molar-refractivity contribution < 1.29 is 4.79 Å². The highest BCUT2D eigenvalue weighted by Gasteiger charge is 2.31. The van der Waals surface area contributed by atoms with Gasteiger partial charge in [-0.15, -0.1) is 0 Å². The van der Waals surface area contributed by atoms with Crippen LogP contribution in [0.5, 0.6) is 0 Å². The Kier molecular flexibility index (Phi) is 4.97. The molecule has 7 heteroatoms. The summed E-state index contributed by atoms with van der Waals surface area (Å²) in [7, 11) is 0. The highest BCUT2D eigenvalue weighted by Crippen LogP contribution is 2.40. The van der Waals surface area contributed by atoms with E-state index in [9.17, 15) is 4.79 Å². The van der Waals surface area contributed by atoms with Crippen molar-refractivity contribution in [2.24, 2.45) is 0 Å². The molecule has 0 bridgehead atoms. The average molecular weight is 373 g/mol. The van der Waals surface area contributed by atoms with Crippen LogP contribution in [0, 0.1) is 0 Å². The van der Waals surface area contributed by atoms with E-state index in [1.165, 1.54) is 18.2 Å². The summed E-state index contributed by atoms with van der Waals surface area (Å²) >= 11 is 19.2. The number of amides is 1. The molecule has 1 N–H and O–H groups in total. The summed E-state index contributed by atoms with van der Waals surface area (Å²) in [6, 6.07) is 5.39. The molecule has 0 atom stereocenters. The van der Waals surface area contributed by atoms with E-state index >= 15 is 0 Å². The summed E-state index contributed by atoms with van der Waals surface area (Å²) in [5.74, 6) is -0.174. The predicted molar refractivity (Wildman–Crippen MR) is 97.1 cm³/mol. The molecule has 116 valence electrons. The van der Waals surface area contributed by atoms with Crippen molar-refractivity contribution in [2.75, 3.05) is 13.1 Å². The van der Waals surface area contributed by atoms with E-state index in [0.717, 1.165) is 37.2 Å². The fourth-order valence-corrected chi connectivity index (χ4v) is 4.45. The second kappa shape index (κ2) is 6.79. The normalized spacial score (nSPS) is 21.1. The molecule has 3 rings (SSSR count). The lowest BCUT2D eigenvalue weighted by Crippen LogP contribution is -2.30. The van der Waals surface area contributed by atoms with Gasteiger partial charge in [0.15, 0.2) is 0 Å². The number of likely N-dealkylation sites (tertiary alicyclic amines) is 1. The number of piperidine rings is 1. The van der Waals surface area contributed by atoms with Crippen LogP contribution in [-0.2, 0) is 4.79 Å². The molecule has 0 aliphatic carbocycles. The molecule has 0 saturated carbocycles. The van der Waals surface area contributed by atoms with Crippen LogP contribution in [0.1, 0.15) is 24.8 Å². The molecule has 2 heterocycles. The SMILES string of the molecule is O=C1NC(=S)S/C1=C(\c1c(Cl)cccc1Cl)N1CCCCC1. The zero-order chi connectivity index (χ0) is 15.7. The van der Waals surface area contributed by atoms with Crippen molar-refractivity contribution in [1.29, 1.82) is 0 Å². The van der Waals surface area contributed by atoms with E-state index in [0.29, 0.717) is 19.3 Å². The zero-order valence-electron chi connectivity index (χ0n) is 11.7. The molecule has 22 heavy (non-hydrogen) atoms. The van der Waals surface area contributed by atoms with Crippen molar-refractivity contribution >= 4 is 63.1 Å². The molecule has 1 amide bonds. The summed E-state index contributed by atoms with van der Waals surface area (Å²) in [6.07, 6.45) is 3.39. The van der Waals surface area contributed by atoms with Gasteiger partial charge in [0, 0.05) is 18.7 Å². The Hall–Kier alpha value is -0.750. The Labute approximate surface area is 149 Å². The minimum atomic E-state index is -0.174. The second-order valence-corrected chi connectivity index (χ2v) is 7.67. The smallest absolute Gasteiger partial charge is 0.265 e. The van der Waals surface area contributed by atoms with Gasteiger partial charge in [-0.3, -0.25) is 4.79 Å². The van der Waals surface area contributed by atoms with Crippen molar-refractivity contribution in [3.8, 4) is 0 Å². The lowest BCUT2D eigenvalue weighted by Gasteiger charge is -2.32. The lowest BCUT2D eigenvalue weighted by atomic mass is 10.1. The first-order valence-corrected chi connectivity index (χ1v) is 9.03. The van der Waals surface area contributed by atoms with Crippen LogP contribution < -0.4 is 5.32 Å². The van der Waals surface area contributed by atoms with E-state index in [1.54, 1.807) is 18.2 Å². The number of benzene rings is 1. The molecule has 1 aromatic rings. The summed E-state index contributed by atoms with van der Waals surface area (Å²) < 4.78 is 0.470. The zero-order valence-corrected chi connectivity index (χ0v) is 14.8. The van der Waals surface area contributed by atoms with Gasteiger partial charge in [-0.25, -0.2) is 0 Å². The van der Waals surface area contributed by atoms with Crippen LogP contribution in [0.3, 0.4) is 0 Å². The molecule has 1 aromatic carbocycles. The molecule has 0 aromatic heterocycles. The largest absolute Gasteiger partial charge is 0.370 e. The first-order chi connectivity index (χ1) is 10.6. The highest BCUT2D eigenvalue weighted by molar-refractivity contribution is 8.26. The third kappa shape index (κ3) is 3.13. The standard InChI is InChI=1S/C15H14Cl2N2OS2/c16-9-5-4-6-10(17)11(9)12(19-7-2-1-3-8-19)13-14(20)18-15(21)22-13/h4-6H,1-3,7-8H2,(H,18,20,21)/b13-12+. The number of thiocarbonyl (C=S) groups is 1. The molecule has 0 unspecified atom stereocenters.